The Hall–Kier alpha value is -1.71. The number of pyridine rings is 1. The average Bonchev–Trinajstić information content (AvgIpc) is 2.93. The third kappa shape index (κ3) is 15.9. The van der Waals surface area contributed by atoms with Gasteiger partial charge < -0.3 is 10.2 Å². The van der Waals surface area contributed by atoms with E-state index in [-0.39, 0.29) is 5.91 Å². The SMILES string of the molecule is CC(C)N1CCN(c2ccc(C(=O)NCCCCCCCCCCCCCCCCCOS(C)(=O)=O)cn2)CC1. The minimum atomic E-state index is -3.28. The molecule has 0 unspecified atom stereocenters. The lowest BCUT2D eigenvalue weighted by molar-refractivity contribution is 0.0952. The van der Waals surface area contributed by atoms with E-state index in [1.165, 1.54) is 70.6 Å². The van der Waals surface area contributed by atoms with Crippen molar-refractivity contribution in [3.05, 3.63) is 23.9 Å². The molecule has 230 valence electrons. The van der Waals surface area contributed by atoms with Gasteiger partial charge in [-0.15, -0.1) is 0 Å². The van der Waals surface area contributed by atoms with Gasteiger partial charge in [0, 0.05) is 45.0 Å². The van der Waals surface area contributed by atoms with Gasteiger partial charge in [-0.2, -0.15) is 8.42 Å². The Balaban J connectivity index is 1.36. The maximum atomic E-state index is 12.5. The van der Waals surface area contributed by atoms with Gasteiger partial charge in [0.25, 0.3) is 16.0 Å². The van der Waals surface area contributed by atoms with Gasteiger partial charge in [0.1, 0.15) is 5.82 Å². The fourth-order valence-corrected chi connectivity index (χ4v) is 5.63. The lowest BCUT2D eigenvalue weighted by Gasteiger charge is -2.37. The predicted molar refractivity (Wildman–Crippen MR) is 166 cm³/mol. The molecular weight excluding hydrogens is 524 g/mol. The summed E-state index contributed by atoms with van der Waals surface area (Å²) in [5, 5.41) is 3.05. The fourth-order valence-electron chi connectivity index (χ4n) is 5.21. The van der Waals surface area contributed by atoms with Crippen LogP contribution in [0.2, 0.25) is 0 Å². The van der Waals surface area contributed by atoms with E-state index in [2.05, 4.69) is 33.9 Å². The number of carbonyl (C=O) groups excluding carboxylic acids is 1. The minimum Gasteiger partial charge on any atom is -0.354 e. The van der Waals surface area contributed by atoms with Crippen LogP contribution in [-0.4, -0.2) is 75.8 Å². The number of amides is 1. The van der Waals surface area contributed by atoms with Gasteiger partial charge in [-0.05, 0) is 38.8 Å². The van der Waals surface area contributed by atoms with Crippen molar-refractivity contribution in [1.82, 2.24) is 15.2 Å². The fraction of sp³-hybridized carbons (Fsp3) is 0.806. The van der Waals surface area contributed by atoms with Crippen molar-refractivity contribution in [1.29, 1.82) is 0 Å². The van der Waals surface area contributed by atoms with Crippen molar-refractivity contribution in [2.75, 3.05) is 50.5 Å². The molecule has 2 heterocycles. The first kappa shape index (κ1) is 34.5. The summed E-state index contributed by atoms with van der Waals surface area (Å²) < 4.78 is 26.5. The molecule has 1 aromatic heterocycles. The Kier molecular flexibility index (Phi) is 17.4. The molecule has 1 amide bonds. The van der Waals surface area contributed by atoms with E-state index in [0.717, 1.165) is 70.5 Å². The van der Waals surface area contributed by atoms with Crippen molar-refractivity contribution >= 4 is 21.8 Å². The van der Waals surface area contributed by atoms with Crippen LogP contribution in [0.4, 0.5) is 5.82 Å². The van der Waals surface area contributed by atoms with Gasteiger partial charge in [-0.3, -0.25) is 13.9 Å². The summed E-state index contributed by atoms with van der Waals surface area (Å²) in [6.07, 6.45) is 21.0. The molecule has 0 bridgehead atoms. The van der Waals surface area contributed by atoms with E-state index in [1.807, 2.05) is 12.1 Å². The zero-order valence-electron chi connectivity index (χ0n) is 25.5. The highest BCUT2D eigenvalue weighted by atomic mass is 32.2. The van der Waals surface area contributed by atoms with E-state index >= 15 is 0 Å². The highest BCUT2D eigenvalue weighted by molar-refractivity contribution is 7.85. The maximum Gasteiger partial charge on any atom is 0.264 e. The van der Waals surface area contributed by atoms with E-state index in [9.17, 15) is 13.2 Å². The van der Waals surface area contributed by atoms with Gasteiger partial charge in [0.15, 0.2) is 0 Å². The van der Waals surface area contributed by atoms with Gasteiger partial charge >= 0.3 is 0 Å². The predicted octanol–water partition coefficient (Wildman–Crippen LogP) is 6.17. The van der Waals surface area contributed by atoms with Crippen LogP contribution in [0, 0.1) is 0 Å². The van der Waals surface area contributed by atoms with Gasteiger partial charge in [0.05, 0.1) is 18.4 Å². The Morgan fingerprint density at radius 1 is 0.825 bits per heavy atom. The third-order valence-corrected chi connectivity index (χ3v) is 8.38. The van der Waals surface area contributed by atoms with Gasteiger partial charge in [-0.1, -0.05) is 83.5 Å². The molecule has 0 radical (unpaired) electrons. The molecule has 1 N–H and O–H groups in total. The number of aromatic nitrogens is 1. The number of nitrogens with zero attached hydrogens (tertiary/aromatic N) is 3. The summed E-state index contributed by atoms with van der Waals surface area (Å²) in [5.41, 5.74) is 0.640. The zero-order chi connectivity index (χ0) is 29.1. The minimum absolute atomic E-state index is 0.0251. The molecule has 2 rings (SSSR count). The van der Waals surface area contributed by atoms with Crippen molar-refractivity contribution in [2.45, 2.75) is 116 Å². The first-order valence-corrected chi connectivity index (χ1v) is 17.7. The zero-order valence-corrected chi connectivity index (χ0v) is 26.4. The largest absolute Gasteiger partial charge is 0.354 e. The Morgan fingerprint density at radius 3 is 1.77 bits per heavy atom. The van der Waals surface area contributed by atoms with Crippen molar-refractivity contribution in [3.8, 4) is 0 Å². The van der Waals surface area contributed by atoms with E-state index in [4.69, 9.17) is 4.18 Å². The number of nitrogens with one attached hydrogen (secondary N) is 1. The number of hydrogen-bond acceptors (Lipinski definition) is 7. The first-order valence-electron chi connectivity index (χ1n) is 15.8. The molecule has 0 saturated carbocycles. The molecule has 1 saturated heterocycles. The molecule has 8 nitrogen and oxygen atoms in total. The molecule has 1 aromatic rings. The lowest BCUT2D eigenvalue weighted by atomic mass is 10.0. The monoisotopic (exact) mass is 580 g/mol. The summed E-state index contributed by atoms with van der Waals surface area (Å²) in [6, 6.07) is 4.46. The number of rotatable bonds is 22. The maximum absolute atomic E-state index is 12.5. The number of carbonyl (C=O) groups is 1. The topological polar surface area (TPSA) is 91.8 Å². The molecule has 1 fully saturated rings. The Morgan fingerprint density at radius 2 is 1.32 bits per heavy atom. The number of piperazine rings is 1. The van der Waals surface area contributed by atoms with Gasteiger partial charge in [-0.25, -0.2) is 4.98 Å². The standard InChI is InChI=1S/C31H56N4O4S/c1-28(2)34-22-24-35(25-23-34)30-20-19-29(27-33-30)31(36)32-21-17-15-13-11-9-7-5-4-6-8-10-12-14-16-18-26-39-40(3,37)38/h19-20,27-28H,4-18,21-26H2,1-3H3,(H,32,36). The molecule has 1 aliphatic heterocycles. The molecule has 1 aliphatic rings. The normalized spacial score (nSPS) is 14.7. The van der Waals surface area contributed by atoms with Crippen LogP contribution in [0.1, 0.15) is 121 Å². The van der Waals surface area contributed by atoms with E-state index in [0.29, 0.717) is 18.2 Å². The number of anilines is 1. The van der Waals surface area contributed by atoms with Crippen LogP contribution in [0.15, 0.2) is 18.3 Å². The first-order chi connectivity index (χ1) is 19.3. The summed E-state index contributed by atoms with van der Waals surface area (Å²) in [7, 11) is -3.28. The molecule has 0 spiro atoms. The second-order valence-corrected chi connectivity index (χ2v) is 13.3. The molecule has 0 aromatic carbocycles. The molecule has 0 atom stereocenters. The Bertz CT molecular complexity index is 900. The van der Waals surface area contributed by atoms with Gasteiger partial charge in [0.2, 0.25) is 0 Å². The van der Waals surface area contributed by atoms with Crippen LogP contribution < -0.4 is 10.2 Å². The van der Waals surface area contributed by atoms with E-state index < -0.39 is 10.1 Å². The molecule has 9 heteroatoms. The molecule has 40 heavy (non-hydrogen) atoms. The second kappa shape index (κ2) is 20.2. The average molecular weight is 581 g/mol. The van der Waals surface area contributed by atoms with Crippen LogP contribution in [0.3, 0.4) is 0 Å². The highest BCUT2D eigenvalue weighted by Gasteiger charge is 2.19. The molecular formula is C31H56N4O4S. The number of hydrogen-bond donors (Lipinski definition) is 1. The van der Waals surface area contributed by atoms with Crippen LogP contribution >= 0.6 is 0 Å². The summed E-state index contributed by atoms with van der Waals surface area (Å²) in [4.78, 5) is 21.8. The summed E-state index contributed by atoms with van der Waals surface area (Å²) >= 11 is 0. The molecule has 0 aliphatic carbocycles. The van der Waals surface area contributed by atoms with Crippen molar-refractivity contribution in [3.63, 3.8) is 0 Å². The van der Waals surface area contributed by atoms with Crippen LogP contribution in [-0.2, 0) is 14.3 Å². The second-order valence-electron chi connectivity index (χ2n) is 11.6. The quantitative estimate of drug-likeness (QED) is 0.130. The van der Waals surface area contributed by atoms with Crippen LogP contribution in [0.25, 0.3) is 0 Å². The summed E-state index contributed by atoms with van der Waals surface area (Å²) in [6.45, 7) is 9.60. The Labute approximate surface area is 244 Å². The van der Waals surface area contributed by atoms with Crippen molar-refractivity contribution in [2.24, 2.45) is 0 Å². The third-order valence-electron chi connectivity index (χ3n) is 7.78. The van der Waals surface area contributed by atoms with Crippen molar-refractivity contribution < 1.29 is 17.4 Å². The van der Waals surface area contributed by atoms with Crippen LogP contribution in [0.5, 0.6) is 0 Å². The highest BCUT2D eigenvalue weighted by Crippen LogP contribution is 2.16. The summed E-state index contributed by atoms with van der Waals surface area (Å²) in [5.74, 6) is 0.937. The lowest BCUT2D eigenvalue weighted by Crippen LogP contribution is -2.49. The smallest absolute Gasteiger partial charge is 0.264 e. The number of unbranched alkanes of at least 4 members (excludes halogenated alkanes) is 14. The van der Waals surface area contributed by atoms with E-state index in [1.54, 1.807) is 6.20 Å².